The van der Waals surface area contributed by atoms with Gasteiger partial charge >= 0.3 is 0 Å². The maximum atomic E-state index is 12.7. The third-order valence-corrected chi connectivity index (χ3v) is 6.32. The standard InChI is InChI=1S/C21H24N2O2S2/c1-2-17-12-6-7-14-22(17)19(24)15-23-20(25)18(27-21(23)26)13-8-11-16-9-4-3-5-10-16/h3-5,8-11,13,17H,2,6-7,12,14-15H2,1H3/b11-8+,18-13-/t17-/m1/s1. The highest BCUT2D eigenvalue weighted by Gasteiger charge is 2.35. The number of carbonyl (C=O) groups excluding carboxylic acids is 2. The quantitative estimate of drug-likeness (QED) is 0.548. The topological polar surface area (TPSA) is 40.6 Å². The summed E-state index contributed by atoms with van der Waals surface area (Å²) in [6, 6.07) is 10.2. The lowest BCUT2D eigenvalue weighted by Gasteiger charge is -2.36. The molecule has 1 atom stereocenters. The van der Waals surface area contributed by atoms with Gasteiger partial charge in [0.1, 0.15) is 10.9 Å². The Kier molecular flexibility index (Phi) is 6.85. The smallest absolute Gasteiger partial charge is 0.266 e. The zero-order chi connectivity index (χ0) is 19.2. The molecule has 2 aliphatic heterocycles. The number of allylic oxidation sites excluding steroid dienone is 2. The van der Waals surface area contributed by atoms with Crippen LogP contribution in [0.1, 0.15) is 38.2 Å². The van der Waals surface area contributed by atoms with Crippen molar-refractivity contribution < 1.29 is 9.59 Å². The first-order chi connectivity index (χ1) is 13.1. The van der Waals surface area contributed by atoms with Crippen LogP contribution >= 0.6 is 24.0 Å². The summed E-state index contributed by atoms with van der Waals surface area (Å²) in [4.78, 5) is 29.4. The number of piperidine rings is 1. The number of likely N-dealkylation sites (tertiary alicyclic amines) is 1. The zero-order valence-corrected chi connectivity index (χ0v) is 17.1. The average molecular weight is 401 g/mol. The highest BCUT2D eigenvalue weighted by atomic mass is 32.2. The van der Waals surface area contributed by atoms with Crippen LogP contribution < -0.4 is 0 Å². The van der Waals surface area contributed by atoms with Gasteiger partial charge in [0.15, 0.2) is 0 Å². The minimum Gasteiger partial charge on any atom is -0.338 e. The maximum absolute atomic E-state index is 12.7. The SMILES string of the molecule is CC[C@@H]1CCCCN1C(=O)CN1C(=O)/C(=C/C=C/c2ccccc2)SC1=S. The third kappa shape index (κ3) is 4.87. The van der Waals surface area contributed by atoms with Crippen molar-refractivity contribution in [3.8, 4) is 0 Å². The number of amides is 2. The van der Waals surface area contributed by atoms with Crippen LogP contribution in [0, 0.1) is 0 Å². The summed E-state index contributed by atoms with van der Waals surface area (Å²) in [5.41, 5.74) is 1.06. The van der Waals surface area contributed by atoms with Crippen LogP contribution in [0.25, 0.3) is 6.08 Å². The second-order valence-corrected chi connectivity index (χ2v) is 8.38. The lowest BCUT2D eigenvalue weighted by molar-refractivity contribution is -0.138. The lowest BCUT2D eigenvalue weighted by atomic mass is 10.00. The van der Waals surface area contributed by atoms with Crippen LogP contribution in [0.15, 0.2) is 47.4 Å². The van der Waals surface area contributed by atoms with Crippen molar-refractivity contribution in [1.29, 1.82) is 0 Å². The van der Waals surface area contributed by atoms with Gasteiger partial charge in [-0.05, 0) is 37.3 Å². The lowest BCUT2D eigenvalue weighted by Crippen LogP contribution is -2.48. The largest absolute Gasteiger partial charge is 0.338 e. The fourth-order valence-electron chi connectivity index (χ4n) is 3.44. The summed E-state index contributed by atoms with van der Waals surface area (Å²) in [5.74, 6) is -0.181. The minimum absolute atomic E-state index is 0.000993. The molecule has 0 unspecified atom stereocenters. The number of carbonyl (C=O) groups is 2. The molecule has 6 heteroatoms. The second kappa shape index (κ2) is 9.33. The van der Waals surface area contributed by atoms with Gasteiger partial charge in [0.2, 0.25) is 5.91 Å². The Morgan fingerprint density at radius 2 is 2.07 bits per heavy atom. The van der Waals surface area contributed by atoms with Gasteiger partial charge in [-0.15, -0.1) is 0 Å². The molecule has 2 fully saturated rings. The third-order valence-electron chi connectivity index (χ3n) is 4.92. The molecule has 1 aromatic rings. The summed E-state index contributed by atoms with van der Waals surface area (Å²) in [6.07, 6.45) is 9.76. The number of nitrogens with zero attached hydrogens (tertiary/aromatic N) is 2. The fourth-order valence-corrected chi connectivity index (χ4v) is 4.65. The van der Waals surface area contributed by atoms with Crippen LogP contribution in [0.5, 0.6) is 0 Å². The second-order valence-electron chi connectivity index (χ2n) is 6.70. The van der Waals surface area contributed by atoms with E-state index in [1.165, 1.54) is 23.1 Å². The van der Waals surface area contributed by atoms with E-state index < -0.39 is 0 Å². The monoisotopic (exact) mass is 400 g/mol. The molecule has 4 nitrogen and oxygen atoms in total. The van der Waals surface area contributed by atoms with Crippen molar-refractivity contribution in [2.24, 2.45) is 0 Å². The minimum atomic E-state index is -0.180. The molecular weight excluding hydrogens is 376 g/mol. The summed E-state index contributed by atoms with van der Waals surface area (Å²) in [5, 5.41) is 0. The first-order valence-electron chi connectivity index (χ1n) is 9.36. The normalized spacial score (nSPS) is 22.3. The van der Waals surface area contributed by atoms with Crippen LogP contribution in [-0.2, 0) is 9.59 Å². The van der Waals surface area contributed by atoms with E-state index >= 15 is 0 Å². The Bertz CT molecular complexity index is 774. The molecule has 0 aromatic heterocycles. The molecule has 2 amide bonds. The van der Waals surface area contributed by atoms with Crippen LogP contribution in [0.4, 0.5) is 0 Å². The zero-order valence-electron chi connectivity index (χ0n) is 15.5. The van der Waals surface area contributed by atoms with Crippen molar-refractivity contribution in [2.45, 2.75) is 38.6 Å². The van der Waals surface area contributed by atoms with E-state index in [0.29, 0.717) is 9.23 Å². The molecule has 0 saturated carbocycles. The number of rotatable bonds is 5. The summed E-state index contributed by atoms with van der Waals surface area (Å²) in [6.45, 7) is 2.93. The molecule has 2 aliphatic rings. The van der Waals surface area contributed by atoms with Crippen LogP contribution in [-0.4, -0.2) is 45.1 Å². The Morgan fingerprint density at radius 3 is 2.81 bits per heavy atom. The first-order valence-corrected chi connectivity index (χ1v) is 10.6. The highest BCUT2D eigenvalue weighted by molar-refractivity contribution is 8.26. The summed E-state index contributed by atoms with van der Waals surface area (Å²) in [7, 11) is 0. The van der Waals surface area contributed by atoms with E-state index in [0.717, 1.165) is 31.4 Å². The van der Waals surface area contributed by atoms with Gasteiger partial charge < -0.3 is 4.90 Å². The van der Waals surface area contributed by atoms with Gasteiger partial charge in [0.25, 0.3) is 5.91 Å². The predicted molar refractivity (Wildman–Crippen MR) is 115 cm³/mol. The Morgan fingerprint density at radius 1 is 1.30 bits per heavy atom. The average Bonchev–Trinajstić information content (AvgIpc) is 2.96. The fraction of sp³-hybridized carbons (Fsp3) is 0.381. The van der Waals surface area contributed by atoms with E-state index in [1.54, 1.807) is 6.08 Å². The number of hydrogen-bond donors (Lipinski definition) is 0. The van der Waals surface area contributed by atoms with Crippen molar-refractivity contribution in [2.75, 3.05) is 13.1 Å². The Balaban J connectivity index is 1.64. The molecule has 27 heavy (non-hydrogen) atoms. The molecule has 142 valence electrons. The summed E-state index contributed by atoms with van der Waals surface area (Å²) >= 11 is 6.61. The first kappa shape index (κ1) is 19.8. The van der Waals surface area contributed by atoms with Gasteiger partial charge in [0.05, 0.1) is 4.91 Å². The van der Waals surface area contributed by atoms with E-state index in [-0.39, 0.29) is 24.4 Å². The Hall–Kier alpha value is -1.92. The van der Waals surface area contributed by atoms with E-state index in [2.05, 4.69) is 6.92 Å². The summed E-state index contributed by atoms with van der Waals surface area (Å²) < 4.78 is 0.456. The van der Waals surface area contributed by atoms with Crippen LogP contribution in [0.2, 0.25) is 0 Å². The number of hydrogen-bond acceptors (Lipinski definition) is 4. The van der Waals surface area contributed by atoms with Gasteiger partial charge in [-0.2, -0.15) is 0 Å². The van der Waals surface area contributed by atoms with Gasteiger partial charge in [-0.25, -0.2) is 0 Å². The number of thiocarbonyl (C=S) groups is 1. The van der Waals surface area contributed by atoms with E-state index in [9.17, 15) is 9.59 Å². The van der Waals surface area contributed by atoms with Crippen molar-refractivity contribution in [3.63, 3.8) is 0 Å². The molecule has 0 N–H and O–H groups in total. The molecule has 0 radical (unpaired) electrons. The Labute approximate surface area is 170 Å². The predicted octanol–water partition coefficient (Wildman–Crippen LogP) is 4.24. The molecule has 0 aliphatic carbocycles. The van der Waals surface area contributed by atoms with E-state index in [4.69, 9.17) is 12.2 Å². The maximum Gasteiger partial charge on any atom is 0.266 e. The van der Waals surface area contributed by atoms with Crippen LogP contribution in [0.3, 0.4) is 0 Å². The van der Waals surface area contributed by atoms with Crippen molar-refractivity contribution in [3.05, 3.63) is 53.0 Å². The van der Waals surface area contributed by atoms with Gasteiger partial charge in [0, 0.05) is 12.6 Å². The number of benzene rings is 1. The number of thioether (sulfide) groups is 1. The highest BCUT2D eigenvalue weighted by Crippen LogP contribution is 2.31. The molecule has 1 aromatic carbocycles. The van der Waals surface area contributed by atoms with E-state index in [1.807, 2.05) is 47.4 Å². The molecule has 3 rings (SSSR count). The van der Waals surface area contributed by atoms with Crippen molar-refractivity contribution >= 4 is 46.2 Å². The molecule has 2 saturated heterocycles. The molecule has 2 heterocycles. The molecular formula is C21H24N2O2S2. The molecule has 0 bridgehead atoms. The van der Waals surface area contributed by atoms with Crippen molar-refractivity contribution in [1.82, 2.24) is 9.80 Å². The van der Waals surface area contributed by atoms with Gasteiger partial charge in [-0.1, -0.05) is 73.4 Å². The van der Waals surface area contributed by atoms with Gasteiger partial charge in [-0.3, -0.25) is 14.5 Å². The molecule has 0 spiro atoms.